The van der Waals surface area contributed by atoms with Crippen LogP contribution in [0.4, 0.5) is 0 Å². The van der Waals surface area contributed by atoms with Crippen LogP contribution >= 0.6 is 0 Å². The van der Waals surface area contributed by atoms with Gasteiger partial charge in [0, 0.05) is 17.8 Å². The van der Waals surface area contributed by atoms with Gasteiger partial charge in [-0.25, -0.2) is 0 Å². The number of hydrogen-bond acceptors (Lipinski definition) is 1. The maximum absolute atomic E-state index is 9.70. The molecule has 0 spiro atoms. The van der Waals surface area contributed by atoms with Gasteiger partial charge in [0.15, 0.2) is 0 Å². The van der Waals surface area contributed by atoms with Crippen LogP contribution in [0.15, 0.2) is 0 Å². The van der Waals surface area contributed by atoms with Crippen LogP contribution in [-0.4, -0.2) is 16.2 Å². The van der Waals surface area contributed by atoms with Gasteiger partial charge in [-0.15, -0.1) is 0 Å². The molecule has 16 heavy (non-hydrogen) atoms. The van der Waals surface area contributed by atoms with E-state index in [1.54, 1.807) is 5.56 Å². The number of fused-ring (bicyclic) bond motifs is 3. The fourth-order valence-electron chi connectivity index (χ4n) is 3.28. The average molecular weight is 219 g/mol. The van der Waals surface area contributed by atoms with Crippen molar-refractivity contribution >= 4 is 0 Å². The van der Waals surface area contributed by atoms with Crippen LogP contribution in [-0.2, 0) is 25.7 Å². The summed E-state index contributed by atoms with van der Waals surface area (Å²) in [7, 11) is 0. The molecule has 2 heteroatoms. The van der Waals surface area contributed by atoms with Crippen LogP contribution < -0.4 is 0 Å². The number of aryl methyl sites for hydroxylation is 1. The lowest BCUT2D eigenvalue weighted by molar-refractivity contribution is 0.157. The number of nitrogens with one attached hydrogen (secondary N) is 1. The number of hydrogen-bond donors (Lipinski definition) is 2. The molecule has 0 radical (unpaired) electrons. The first-order chi connectivity index (χ1) is 7.55. The maximum atomic E-state index is 9.70. The van der Waals surface area contributed by atoms with Gasteiger partial charge >= 0.3 is 0 Å². The highest BCUT2D eigenvalue weighted by Crippen LogP contribution is 2.39. The Morgan fingerprint density at radius 2 is 2.00 bits per heavy atom. The smallest absolute Gasteiger partial charge is 0.0598 e. The van der Waals surface area contributed by atoms with Crippen molar-refractivity contribution in [2.24, 2.45) is 5.41 Å². The Morgan fingerprint density at radius 3 is 2.81 bits per heavy atom. The first kappa shape index (κ1) is 10.4. The van der Waals surface area contributed by atoms with Crippen molar-refractivity contribution in [3.63, 3.8) is 0 Å². The highest BCUT2D eigenvalue weighted by molar-refractivity contribution is 5.41. The molecule has 0 amide bonds. The summed E-state index contributed by atoms with van der Waals surface area (Å²) in [5, 5.41) is 9.70. The Morgan fingerprint density at radius 1 is 1.19 bits per heavy atom. The van der Waals surface area contributed by atoms with E-state index in [1.807, 2.05) is 0 Å². The summed E-state index contributed by atoms with van der Waals surface area (Å²) in [4.78, 5) is 3.56. The predicted molar refractivity (Wildman–Crippen MR) is 64.6 cm³/mol. The van der Waals surface area contributed by atoms with E-state index in [9.17, 15) is 5.11 Å². The van der Waals surface area contributed by atoms with Gasteiger partial charge in [0.1, 0.15) is 0 Å². The van der Waals surface area contributed by atoms with E-state index in [4.69, 9.17) is 0 Å². The van der Waals surface area contributed by atoms with Gasteiger partial charge in [0.25, 0.3) is 0 Å². The Balaban J connectivity index is 2.01. The zero-order chi connectivity index (χ0) is 11.3. The summed E-state index contributed by atoms with van der Waals surface area (Å²) in [6.45, 7) is 4.74. The van der Waals surface area contributed by atoms with Crippen LogP contribution in [0, 0.1) is 5.41 Å². The largest absolute Gasteiger partial charge is 0.393 e. The molecule has 0 saturated carbocycles. The zero-order valence-corrected chi connectivity index (χ0v) is 10.3. The van der Waals surface area contributed by atoms with Crippen LogP contribution in [0.3, 0.4) is 0 Å². The van der Waals surface area contributed by atoms with E-state index in [-0.39, 0.29) is 6.10 Å². The van der Waals surface area contributed by atoms with E-state index < -0.39 is 0 Å². The van der Waals surface area contributed by atoms with Gasteiger partial charge in [0.05, 0.1) is 6.10 Å². The quantitative estimate of drug-likeness (QED) is 0.690. The van der Waals surface area contributed by atoms with E-state index >= 15 is 0 Å². The molecule has 2 N–H and O–H groups in total. The number of aliphatic hydroxyl groups is 1. The minimum atomic E-state index is -0.124. The molecule has 2 aliphatic carbocycles. The Labute approximate surface area is 97.1 Å². The predicted octanol–water partition coefficient (Wildman–Crippen LogP) is 2.38. The monoisotopic (exact) mass is 219 g/mol. The van der Waals surface area contributed by atoms with Gasteiger partial charge in [-0.05, 0) is 48.6 Å². The Hall–Kier alpha value is -0.760. The minimum absolute atomic E-state index is 0.124. The summed E-state index contributed by atoms with van der Waals surface area (Å²) in [5.41, 5.74) is 6.35. The molecule has 0 saturated heterocycles. The van der Waals surface area contributed by atoms with Crippen LogP contribution in [0.2, 0.25) is 0 Å². The number of aliphatic hydroxyl groups excluding tert-OH is 1. The molecule has 0 bridgehead atoms. The van der Waals surface area contributed by atoms with Gasteiger partial charge in [-0.1, -0.05) is 13.8 Å². The minimum Gasteiger partial charge on any atom is -0.393 e. The molecule has 88 valence electrons. The zero-order valence-electron chi connectivity index (χ0n) is 10.3. The second kappa shape index (κ2) is 3.36. The van der Waals surface area contributed by atoms with E-state index in [0.717, 1.165) is 19.3 Å². The third-order valence-corrected chi connectivity index (χ3v) is 4.27. The number of rotatable bonds is 0. The lowest BCUT2D eigenvalue weighted by Gasteiger charge is -2.30. The summed E-state index contributed by atoms with van der Waals surface area (Å²) >= 11 is 0. The topological polar surface area (TPSA) is 36.0 Å². The Kier molecular flexibility index (Phi) is 2.19. The van der Waals surface area contributed by atoms with Crippen molar-refractivity contribution < 1.29 is 5.11 Å². The molecule has 2 aliphatic rings. The third-order valence-electron chi connectivity index (χ3n) is 4.27. The highest BCUT2D eigenvalue weighted by atomic mass is 16.3. The number of aromatic nitrogens is 1. The van der Waals surface area contributed by atoms with E-state index in [1.165, 1.54) is 36.2 Å². The molecule has 0 aromatic carbocycles. The Bertz CT molecular complexity index is 417. The summed E-state index contributed by atoms with van der Waals surface area (Å²) in [6, 6.07) is 0. The fraction of sp³-hybridized carbons (Fsp3) is 0.714. The van der Waals surface area contributed by atoms with Crippen LogP contribution in [0.1, 0.15) is 49.2 Å². The fourth-order valence-corrected chi connectivity index (χ4v) is 3.28. The molecule has 3 rings (SSSR count). The molecule has 0 aliphatic heterocycles. The van der Waals surface area contributed by atoms with Gasteiger partial charge in [-0.3, -0.25) is 0 Å². The molecule has 0 fully saturated rings. The standard InChI is InChI=1S/C14H21NO/c1-14(2)6-5-12-11(8-14)10-4-3-9(16)7-13(10)15-12/h9,15-16H,3-8H2,1-2H3. The van der Waals surface area contributed by atoms with Gasteiger partial charge < -0.3 is 10.1 Å². The van der Waals surface area contributed by atoms with E-state index in [2.05, 4.69) is 18.8 Å². The molecule has 2 nitrogen and oxygen atoms in total. The molecular weight excluding hydrogens is 198 g/mol. The van der Waals surface area contributed by atoms with Crippen molar-refractivity contribution in [3.05, 3.63) is 22.5 Å². The van der Waals surface area contributed by atoms with Gasteiger partial charge in [0.2, 0.25) is 0 Å². The molecule has 1 aromatic heterocycles. The maximum Gasteiger partial charge on any atom is 0.0598 e. The lowest BCUT2D eigenvalue weighted by atomic mass is 9.74. The van der Waals surface area contributed by atoms with E-state index in [0.29, 0.717) is 5.41 Å². The molecule has 1 unspecified atom stereocenters. The molecule has 1 aromatic rings. The van der Waals surface area contributed by atoms with Crippen molar-refractivity contribution in [2.45, 2.75) is 58.5 Å². The van der Waals surface area contributed by atoms with Crippen LogP contribution in [0.5, 0.6) is 0 Å². The molecule has 1 heterocycles. The summed E-state index contributed by atoms with van der Waals surface area (Å²) < 4.78 is 0. The average Bonchev–Trinajstić information content (AvgIpc) is 2.53. The normalized spacial score (nSPS) is 27.3. The van der Waals surface area contributed by atoms with Gasteiger partial charge in [-0.2, -0.15) is 0 Å². The number of H-pyrrole nitrogens is 1. The SMILES string of the molecule is CC1(C)CCc2[nH]c3c(c2C1)CCC(O)C3. The van der Waals surface area contributed by atoms with Crippen molar-refractivity contribution in [3.8, 4) is 0 Å². The summed E-state index contributed by atoms with van der Waals surface area (Å²) in [6.07, 6.45) is 6.40. The second-order valence-corrected chi connectivity index (χ2v) is 6.28. The molecule has 1 atom stereocenters. The first-order valence-corrected chi connectivity index (χ1v) is 6.45. The highest BCUT2D eigenvalue weighted by Gasteiger charge is 2.31. The number of aromatic amines is 1. The summed E-state index contributed by atoms with van der Waals surface area (Å²) in [5.74, 6) is 0. The van der Waals surface area contributed by atoms with Crippen molar-refractivity contribution in [1.82, 2.24) is 4.98 Å². The lowest BCUT2D eigenvalue weighted by Crippen LogP contribution is -2.23. The molecular formula is C14H21NO. The second-order valence-electron chi connectivity index (χ2n) is 6.28. The van der Waals surface area contributed by atoms with Crippen molar-refractivity contribution in [2.75, 3.05) is 0 Å². The first-order valence-electron chi connectivity index (χ1n) is 6.45. The van der Waals surface area contributed by atoms with Crippen LogP contribution in [0.25, 0.3) is 0 Å². The third kappa shape index (κ3) is 1.60. The van der Waals surface area contributed by atoms with Crippen molar-refractivity contribution in [1.29, 1.82) is 0 Å².